The van der Waals surface area contributed by atoms with Crippen molar-refractivity contribution in [3.8, 4) is 50.6 Å². The van der Waals surface area contributed by atoms with Gasteiger partial charge in [0.1, 0.15) is 0 Å². The van der Waals surface area contributed by atoms with Crippen LogP contribution in [0.2, 0.25) is 0 Å². The summed E-state index contributed by atoms with van der Waals surface area (Å²) >= 11 is 0. The highest BCUT2D eigenvalue weighted by Crippen LogP contribution is 2.39. The number of aromatic nitrogens is 3. The first-order chi connectivity index (χ1) is 30.6. The summed E-state index contributed by atoms with van der Waals surface area (Å²) < 4.78 is 2.41. The van der Waals surface area contributed by atoms with Crippen LogP contribution in [0.5, 0.6) is 0 Å². The first-order valence-electron chi connectivity index (χ1n) is 22.0. The first-order valence-corrected chi connectivity index (χ1v) is 22.0. The SMILES string of the molecule is CC/C=C\C(=C1\C=CC=CC1)c1cc(-c2cccc3ccccc23)nc(-c2cccc(-n3c4ccccc4c4ccc(-c5ccc(C)c(-c6ccccc6CCC)c5)cc43)c2)n1. The Balaban J connectivity index is 1.15. The number of rotatable bonds is 10. The minimum absolute atomic E-state index is 0.697. The number of nitrogens with zero attached hydrogens (tertiary/aromatic N) is 3. The zero-order valence-corrected chi connectivity index (χ0v) is 35.6. The van der Waals surface area contributed by atoms with Crippen molar-refractivity contribution in [3.63, 3.8) is 0 Å². The van der Waals surface area contributed by atoms with E-state index < -0.39 is 0 Å². The summed E-state index contributed by atoms with van der Waals surface area (Å²) in [7, 11) is 0. The first kappa shape index (κ1) is 38.8. The number of fused-ring (bicyclic) bond motifs is 4. The van der Waals surface area contributed by atoms with Gasteiger partial charge in [0, 0.05) is 33.2 Å². The van der Waals surface area contributed by atoms with Gasteiger partial charge in [0.25, 0.3) is 0 Å². The van der Waals surface area contributed by atoms with Gasteiger partial charge in [-0.05, 0) is 112 Å². The van der Waals surface area contributed by atoms with Crippen LogP contribution in [0.25, 0.3) is 88.7 Å². The molecule has 62 heavy (non-hydrogen) atoms. The van der Waals surface area contributed by atoms with Gasteiger partial charge in [0.2, 0.25) is 0 Å². The molecule has 0 amide bonds. The lowest BCUT2D eigenvalue weighted by Gasteiger charge is -2.15. The topological polar surface area (TPSA) is 30.7 Å². The second-order valence-electron chi connectivity index (χ2n) is 16.3. The van der Waals surface area contributed by atoms with Crippen molar-refractivity contribution in [3.05, 3.63) is 217 Å². The Hall–Kier alpha value is -7.36. The van der Waals surface area contributed by atoms with Crippen molar-refractivity contribution in [2.75, 3.05) is 0 Å². The molecule has 0 spiro atoms. The average molecular weight is 800 g/mol. The van der Waals surface area contributed by atoms with E-state index in [4.69, 9.17) is 9.97 Å². The molecule has 2 aromatic heterocycles. The van der Waals surface area contributed by atoms with Gasteiger partial charge in [0.15, 0.2) is 5.82 Å². The maximum absolute atomic E-state index is 5.41. The lowest BCUT2D eigenvalue weighted by atomic mass is 9.91. The van der Waals surface area contributed by atoms with E-state index in [2.05, 4.69) is 220 Å². The molecule has 0 aliphatic heterocycles. The predicted molar refractivity (Wildman–Crippen MR) is 264 cm³/mol. The molecule has 1 aliphatic carbocycles. The van der Waals surface area contributed by atoms with E-state index in [1.807, 2.05) is 0 Å². The lowest BCUT2D eigenvalue weighted by molar-refractivity contribution is 0.923. The number of benzene rings is 7. The van der Waals surface area contributed by atoms with Crippen LogP contribution in [0, 0.1) is 6.92 Å². The van der Waals surface area contributed by atoms with E-state index in [0.717, 1.165) is 70.5 Å². The molecule has 2 heterocycles. The third kappa shape index (κ3) is 7.30. The zero-order valence-electron chi connectivity index (χ0n) is 35.6. The summed E-state index contributed by atoms with van der Waals surface area (Å²) in [4.78, 5) is 10.8. The second kappa shape index (κ2) is 17.0. The van der Waals surface area contributed by atoms with Crippen molar-refractivity contribution in [2.45, 2.75) is 46.5 Å². The van der Waals surface area contributed by atoms with Crippen molar-refractivity contribution in [1.82, 2.24) is 14.5 Å². The molecule has 1 aliphatic rings. The molecule has 0 N–H and O–H groups in total. The van der Waals surface area contributed by atoms with Gasteiger partial charge in [-0.2, -0.15) is 0 Å². The summed E-state index contributed by atoms with van der Waals surface area (Å²) in [6.45, 7) is 6.66. The fourth-order valence-corrected chi connectivity index (χ4v) is 9.18. The lowest BCUT2D eigenvalue weighted by Crippen LogP contribution is -2.01. The molecular formula is C59H49N3. The summed E-state index contributed by atoms with van der Waals surface area (Å²) in [6.07, 6.45) is 17.1. The standard InChI is InChI=1S/C59H49N3/c1-4-6-26-50(43-19-8-7-9-20-43)55-39-56(51-30-17-23-42-22-11-12-27-48(42)51)61-59(60-55)46-24-16-25-47(36-46)62-57-31-15-14-29-52(57)53-35-34-45(38-58(53)62)44-33-32-40(3)54(37-44)49-28-13-10-21-41(49)18-5-2/h6-17,19,21-39H,4-5,18,20H2,1-3H3/b26-6-,50-43+. The highest BCUT2D eigenvalue weighted by molar-refractivity contribution is 6.10. The van der Waals surface area contributed by atoms with Crippen molar-refractivity contribution in [2.24, 2.45) is 0 Å². The summed E-state index contributed by atoms with van der Waals surface area (Å²) in [5.74, 6) is 0.697. The van der Waals surface area contributed by atoms with Crippen molar-refractivity contribution in [1.29, 1.82) is 0 Å². The molecule has 0 saturated carbocycles. The molecule has 0 fully saturated rings. The van der Waals surface area contributed by atoms with E-state index in [1.165, 1.54) is 60.5 Å². The molecule has 3 heteroatoms. The molecule has 0 unspecified atom stereocenters. The van der Waals surface area contributed by atoms with E-state index in [-0.39, 0.29) is 0 Å². The molecule has 300 valence electrons. The van der Waals surface area contributed by atoms with Gasteiger partial charge in [-0.3, -0.25) is 0 Å². The van der Waals surface area contributed by atoms with Crippen LogP contribution in [-0.4, -0.2) is 14.5 Å². The molecule has 0 radical (unpaired) electrons. The van der Waals surface area contributed by atoms with Crippen LogP contribution >= 0.6 is 0 Å². The summed E-state index contributed by atoms with van der Waals surface area (Å²) in [6, 6.07) is 57.5. The number of hydrogen-bond acceptors (Lipinski definition) is 2. The number of hydrogen-bond donors (Lipinski definition) is 0. The summed E-state index contributed by atoms with van der Waals surface area (Å²) in [5, 5.41) is 4.81. The molecule has 10 rings (SSSR count). The van der Waals surface area contributed by atoms with E-state index in [9.17, 15) is 0 Å². The Morgan fingerprint density at radius 3 is 2.24 bits per heavy atom. The van der Waals surface area contributed by atoms with E-state index in [1.54, 1.807) is 0 Å². The Morgan fingerprint density at radius 2 is 1.37 bits per heavy atom. The van der Waals surface area contributed by atoms with Gasteiger partial charge < -0.3 is 4.57 Å². The van der Waals surface area contributed by atoms with Gasteiger partial charge >= 0.3 is 0 Å². The fourth-order valence-electron chi connectivity index (χ4n) is 9.18. The molecular weight excluding hydrogens is 751 g/mol. The Kier molecular flexibility index (Phi) is 10.6. The zero-order chi connectivity index (χ0) is 42.0. The fraction of sp³-hybridized carbons (Fsp3) is 0.119. The van der Waals surface area contributed by atoms with E-state index in [0.29, 0.717) is 5.82 Å². The minimum Gasteiger partial charge on any atom is -0.309 e. The Morgan fingerprint density at radius 1 is 0.613 bits per heavy atom. The normalized spacial score (nSPS) is 13.5. The van der Waals surface area contributed by atoms with Crippen LogP contribution in [0.4, 0.5) is 0 Å². The Labute approximate surface area is 364 Å². The molecule has 0 bridgehead atoms. The maximum Gasteiger partial charge on any atom is 0.160 e. The highest BCUT2D eigenvalue weighted by atomic mass is 15.0. The molecule has 0 saturated heterocycles. The van der Waals surface area contributed by atoms with E-state index >= 15 is 0 Å². The monoisotopic (exact) mass is 799 g/mol. The molecule has 0 atom stereocenters. The highest BCUT2D eigenvalue weighted by Gasteiger charge is 2.18. The third-order valence-corrected chi connectivity index (χ3v) is 12.3. The van der Waals surface area contributed by atoms with Crippen LogP contribution in [0.15, 0.2) is 200 Å². The largest absolute Gasteiger partial charge is 0.309 e. The summed E-state index contributed by atoms with van der Waals surface area (Å²) in [5.41, 5.74) is 17.3. The van der Waals surface area contributed by atoms with Crippen LogP contribution < -0.4 is 0 Å². The van der Waals surface area contributed by atoms with Crippen molar-refractivity contribution < 1.29 is 0 Å². The number of aryl methyl sites for hydroxylation is 2. The van der Waals surface area contributed by atoms with Gasteiger partial charge in [-0.15, -0.1) is 0 Å². The van der Waals surface area contributed by atoms with Crippen LogP contribution in [-0.2, 0) is 6.42 Å². The smallest absolute Gasteiger partial charge is 0.160 e. The van der Waals surface area contributed by atoms with Gasteiger partial charge in [-0.1, -0.05) is 178 Å². The predicted octanol–water partition coefficient (Wildman–Crippen LogP) is 15.9. The minimum atomic E-state index is 0.697. The second-order valence-corrected chi connectivity index (χ2v) is 16.3. The number of para-hydroxylation sites is 1. The van der Waals surface area contributed by atoms with Crippen LogP contribution in [0.1, 0.15) is 49.9 Å². The van der Waals surface area contributed by atoms with Gasteiger partial charge in [0.05, 0.1) is 22.4 Å². The molecule has 9 aromatic rings. The number of allylic oxidation sites excluding steroid dienone is 8. The Bertz CT molecular complexity index is 3270. The average Bonchev–Trinajstić information content (AvgIpc) is 3.66. The van der Waals surface area contributed by atoms with Gasteiger partial charge in [-0.25, -0.2) is 9.97 Å². The third-order valence-electron chi connectivity index (χ3n) is 12.3. The molecule has 3 nitrogen and oxygen atoms in total. The van der Waals surface area contributed by atoms with Crippen molar-refractivity contribution >= 4 is 38.2 Å². The van der Waals surface area contributed by atoms with Crippen LogP contribution in [0.3, 0.4) is 0 Å². The quantitative estimate of drug-likeness (QED) is 0.138. The maximum atomic E-state index is 5.41. The molecule has 7 aromatic carbocycles.